The molecular formula is C16H22F2N3O4PS. The van der Waals surface area contributed by atoms with E-state index in [9.17, 15) is 22.0 Å². The Morgan fingerprint density at radius 3 is 2.67 bits per heavy atom. The first-order valence-electron chi connectivity index (χ1n) is 8.19. The number of carbonyl (C=O) groups excluding carboxylic acids is 1. The fraction of sp³-hybridized carbons (Fsp3) is 0.438. The number of nitrogens with zero attached hydrogens (tertiary/aromatic N) is 1. The Kier molecular flexibility index (Phi) is 7.27. The first-order valence-corrected chi connectivity index (χ1v) is 10.3. The lowest BCUT2D eigenvalue weighted by Gasteiger charge is -2.32. The van der Waals surface area contributed by atoms with Gasteiger partial charge in [0.1, 0.15) is 5.75 Å². The average Bonchev–Trinajstić information content (AvgIpc) is 2.55. The van der Waals surface area contributed by atoms with Gasteiger partial charge in [0.15, 0.2) is 0 Å². The van der Waals surface area contributed by atoms with Gasteiger partial charge in [-0.25, -0.2) is 13.1 Å². The molecule has 1 aliphatic heterocycles. The van der Waals surface area contributed by atoms with Crippen molar-refractivity contribution in [3.05, 3.63) is 36.3 Å². The predicted molar refractivity (Wildman–Crippen MR) is 102 cm³/mol. The van der Waals surface area contributed by atoms with Crippen molar-refractivity contribution in [2.24, 2.45) is 0 Å². The van der Waals surface area contributed by atoms with E-state index in [2.05, 4.69) is 21.4 Å². The summed E-state index contributed by atoms with van der Waals surface area (Å²) in [5.74, 6) is -3.67. The second-order valence-corrected chi connectivity index (χ2v) is 8.47. The molecule has 1 aromatic carbocycles. The van der Waals surface area contributed by atoms with Gasteiger partial charge in [-0.2, -0.15) is 8.78 Å². The number of halogens is 2. The zero-order valence-electron chi connectivity index (χ0n) is 14.5. The number of anilines is 1. The van der Waals surface area contributed by atoms with E-state index in [4.69, 9.17) is 0 Å². The molecule has 0 radical (unpaired) electrons. The van der Waals surface area contributed by atoms with Gasteiger partial charge in [0.05, 0.1) is 6.54 Å². The Hall–Kier alpha value is -1.61. The number of benzene rings is 1. The Morgan fingerprint density at radius 2 is 2.07 bits per heavy atom. The van der Waals surface area contributed by atoms with Crippen molar-refractivity contribution in [2.75, 3.05) is 25.0 Å². The highest BCUT2D eigenvalue weighted by atomic mass is 32.2. The standard InChI is InChI=1S/C16H22F2N3O4PS/c1-2-27(23,24)20-13-4-3-9-21(10-13)11-15(22)19-12-5-7-14(8-6-12)25-16(17,18)26/h2,5-8,13,20H,1,3-4,9-11,26H2,(H,19,22)/t13-/m1/s1. The van der Waals surface area contributed by atoms with Gasteiger partial charge in [0.25, 0.3) is 0 Å². The summed E-state index contributed by atoms with van der Waals surface area (Å²) in [6, 6.07) is 5.30. The molecule has 1 heterocycles. The number of nitrogens with one attached hydrogen (secondary N) is 2. The lowest BCUT2D eigenvalue weighted by Crippen LogP contribution is -2.49. The third-order valence-electron chi connectivity index (χ3n) is 3.82. The zero-order valence-corrected chi connectivity index (χ0v) is 16.5. The van der Waals surface area contributed by atoms with Crippen LogP contribution in [0, 0.1) is 0 Å². The first-order chi connectivity index (χ1) is 12.6. The highest BCUT2D eigenvalue weighted by Crippen LogP contribution is 2.27. The van der Waals surface area contributed by atoms with Crippen molar-refractivity contribution in [1.29, 1.82) is 0 Å². The molecular weight excluding hydrogens is 399 g/mol. The van der Waals surface area contributed by atoms with E-state index in [1.165, 1.54) is 33.5 Å². The summed E-state index contributed by atoms with van der Waals surface area (Å²) >= 11 is 0. The maximum atomic E-state index is 12.8. The van der Waals surface area contributed by atoms with Gasteiger partial charge in [-0.05, 0) is 52.9 Å². The molecule has 1 unspecified atom stereocenters. The van der Waals surface area contributed by atoms with Crippen molar-refractivity contribution in [1.82, 2.24) is 9.62 Å². The minimum atomic E-state index is -3.52. The molecule has 150 valence electrons. The molecule has 1 amide bonds. The summed E-state index contributed by atoms with van der Waals surface area (Å²) in [4.78, 5) is 14.0. The number of amides is 1. The quantitative estimate of drug-likeness (QED) is 0.627. The third kappa shape index (κ3) is 7.88. The highest BCUT2D eigenvalue weighted by Gasteiger charge is 2.25. The predicted octanol–water partition coefficient (Wildman–Crippen LogP) is 1.96. The Labute approximate surface area is 159 Å². The van der Waals surface area contributed by atoms with E-state index in [0.29, 0.717) is 25.2 Å². The van der Waals surface area contributed by atoms with Crippen LogP contribution in [0.3, 0.4) is 0 Å². The molecule has 0 aliphatic carbocycles. The van der Waals surface area contributed by atoms with Crippen molar-refractivity contribution >= 4 is 30.9 Å². The largest absolute Gasteiger partial charge is 0.430 e. The molecule has 0 saturated carbocycles. The lowest BCUT2D eigenvalue weighted by molar-refractivity contribution is -0.117. The van der Waals surface area contributed by atoms with Gasteiger partial charge in [0.2, 0.25) is 15.9 Å². The normalized spacial score (nSPS) is 18.7. The van der Waals surface area contributed by atoms with Crippen molar-refractivity contribution in [3.8, 4) is 5.75 Å². The van der Waals surface area contributed by atoms with Crippen LogP contribution in [0.25, 0.3) is 0 Å². The fourth-order valence-electron chi connectivity index (χ4n) is 2.74. The monoisotopic (exact) mass is 421 g/mol. The maximum Gasteiger partial charge on any atom is 0.408 e. The number of sulfonamides is 1. The minimum Gasteiger partial charge on any atom is -0.430 e. The topological polar surface area (TPSA) is 87.7 Å². The molecule has 11 heteroatoms. The maximum absolute atomic E-state index is 12.8. The molecule has 2 rings (SSSR count). The summed E-state index contributed by atoms with van der Waals surface area (Å²) in [6.07, 6.45) is 1.44. The second-order valence-electron chi connectivity index (χ2n) is 6.14. The van der Waals surface area contributed by atoms with E-state index >= 15 is 0 Å². The van der Waals surface area contributed by atoms with E-state index in [-0.39, 0.29) is 24.2 Å². The number of alkyl halides is 2. The molecule has 2 N–H and O–H groups in total. The minimum absolute atomic E-state index is 0.0265. The number of hydrogen-bond acceptors (Lipinski definition) is 5. The number of piperidine rings is 1. The third-order valence-corrected chi connectivity index (χ3v) is 5.03. The molecule has 0 spiro atoms. The molecule has 0 bridgehead atoms. The van der Waals surface area contributed by atoms with Crippen molar-refractivity contribution in [3.63, 3.8) is 0 Å². The molecule has 1 aromatic rings. The zero-order chi connectivity index (χ0) is 20.1. The van der Waals surface area contributed by atoms with Gasteiger partial charge in [-0.15, -0.1) is 0 Å². The van der Waals surface area contributed by atoms with Crippen LogP contribution in [0.15, 0.2) is 36.3 Å². The average molecular weight is 421 g/mol. The van der Waals surface area contributed by atoms with Crippen LogP contribution in [-0.2, 0) is 14.8 Å². The lowest BCUT2D eigenvalue weighted by atomic mass is 10.1. The highest BCUT2D eigenvalue weighted by molar-refractivity contribution is 7.92. The van der Waals surface area contributed by atoms with Gasteiger partial charge in [-0.3, -0.25) is 9.69 Å². The van der Waals surface area contributed by atoms with Crippen LogP contribution in [0.5, 0.6) is 5.75 Å². The van der Waals surface area contributed by atoms with Crippen LogP contribution >= 0.6 is 9.24 Å². The summed E-state index contributed by atoms with van der Waals surface area (Å²) in [5, 5.41) is 3.53. The second kappa shape index (κ2) is 9.05. The smallest absolute Gasteiger partial charge is 0.408 e. The molecule has 1 aliphatic rings. The van der Waals surface area contributed by atoms with Gasteiger partial charge in [0, 0.05) is 23.7 Å². The Morgan fingerprint density at radius 1 is 1.41 bits per heavy atom. The molecule has 27 heavy (non-hydrogen) atoms. The van der Waals surface area contributed by atoms with E-state index in [0.717, 1.165) is 11.8 Å². The summed E-state index contributed by atoms with van der Waals surface area (Å²) in [6.45, 7) is 4.44. The fourth-order valence-corrected chi connectivity index (χ4v) is 3.63. The van der Waals surface area contributed by atoms with Crippen LogP contribution in [0.4, 0.5) is 14.5 Å². The molecule has 2 atom stereocenters. The summed E-state index contributed by atoms with van der Waals surface area (Å²) in [5.41, 5.74) is 0.445. The van der Waals surface area contributed by atoms with Gasteiger partial charge >= 0.3 is 5.85 Å². The van der Waals surface area contributed by atoms with E-state index in [1.807, 2.05) is 4.90 Å². The van der Waals surface area contributed by atoms with Crippen molar-refractivity contribution < 1.29 is 26.7 Å². The van der Waals surface area contributed by atoms with E-state index in [1.54, 1.807) is 0 Å². The number of ether oxygens (including phenoxy) is 1. The number of likely N-dealkylation sites (tertiary alicyclic amines) is 1. The van der Waals surface area contributed by atoms with Crippen LogP contribution < -0.4 is 14.8 Å². The SMILES string of the molecule is C=CS(=O)(=O)N[C@@H]1CCCN(CC(=O)Nc2ccc(OC(F)(F)P)cc2)C1. The molecule has 7 nitrogen and oxygen atoms in total. The van der Waals surface area contributed by atoms with Gasteiger partial charge < -0.3 is 10.1 Å². The number of hydrogen-bond donors (Lipinski definition) is 2. The van der Waals surface area contributed by atoms with Crippen molar-refractivity contribution in [2.45, 2.75) is 24.7 Å². The summed E-state index contributed by atoms with van der Waals surface area (Å²) < 4.78 is 55.6. The van der Waals surface area contributed by atoms with Crippen LogP contribution in [0.1, 0.15) is 12.8 Å². The number of carbonyl (C=O) groups is 1. The summed E-state index contributed by atoms with van der Waals surface area (Å²) in [7, 11) is -2.24. The Bertz CT molecular complexity index is 769. The number of rotatable bonds is 8. The molecule has 1 fully saturated rings. The molecule has 1 saturated heterocycles. The molecule has 0 aromatic heterocycles. The first kappa shape index (κ1) is 21.7. The van der Waals surface area contributed by atoms with Crippen LogP contribution in [0.2, 0.25) is 0 Å². The van der Waals surface area contributed by atoms with E-state index < -0.39 is 15.9 Å². The Balaban J connectivity index is 1.85. The van der Waals surface area contributed by atoms with Gasteiger partial charge in [-0.1, -0.05) is 6.58 Å². The van der Waals surface area contributed by atoms with Crippen LogP contribution in [-0.4, -0.2) is 50.8 Å².